The highest BCUT2D eigenvalue weighted by molar-refractivity contribution is 5.89. The molecule has 3 N–H and O–H groups in total. The number of rotatable bonds is 5. The van der Waals surface area contributed by atoms with Crippen LogP contribution in [0.1, 0.15) is 27.2 Å². The molecule has 22 heavy (non-hydrogen) atoms. The van der Waals surface area contributed by atoms with Crippen LogP contribution in [0.4, 0.5) is 19.3 Å². The summed E-state index contributed by atoms with van der Waals surface area (Å²) in [4.78, 5) is 21.7. The largest absolute Gasteiger partial charge is 0.482 e. The monoisotopic (exact) mass is 316 g/mol. The molecule has 0 radical (unpaired) electrons. The van der Waals surface area contributed by atoms with Crippen molar-refractivity contribution in [3.05, 3.63) is 23.8 Å². The Hall–Kier alpha value is -2.38. The summed E-state index contributed by atoms with van der Waals surface area (Å²) < 4.78 is 32.8. The van der Waals surface area contributed by atoms with Crippen molar-refractivity contribution >= 4 is 17.7 Å². The number of benzene rings is 1. The zero-order valence-electron chi connectivity index (χ0n) is 12.5. The van der Waals surface area contributed by atoms with Crippen molar-refractivity contribution in [3.8, 4) is 5.75 Å². The van der Waals surface area contributed by atoms with Crippen LogP contribution in [0.5, 0.6) is 5.75 Å². The van der Waals surface area contributed by atoms with Gasteiger partial charge in [0.1, 0.15) is 5.60 Å². The maximum Gasteiger partial charge on any atom is 0.319 e. The van der Waals surface area contributed by atoms with E-state index in [2.05, 4.69) is 10.6 Å². The first-order chi connectivity index (χ1) is 10.1. The van der Waals surface area contributed by atoms with Gasteiger partial charge in [-0.3, -0.25) is 4.79 Å². The van der Waals surface area contributed by atoms with E-state index in [0.29, 0.717) is 0 Å². The number of aliphatic carboxylic acids is 1. The van der Waals surface area contributed by atoms with E-state index < -0.39 is 35.0 Å². The molecule has 2 amide bonds. The lowest BCUT2D eigenvalue weighted by molar-refractivity contribution is -0.136. The number of hydrogen-bond acceptors (Lipinski definition) is 3. The SMILES string of the molecule is CC(C)(C)Oc1c(F)cc(NC(=O)NCCC(=O)O)cc1F. The molecule has 1 aromatic carbocycles. The molecule has 0 bridgehead atoms. The van der Waals surface area contributed by atoms with Gasteiger partial charge in [-0.2, -0.15) is 0 Å². The summed E-state index contributed by atoms with van der Waals surface area (Å²) in [6.07, 6.45) is -0.255. The van der Waals surface area contributed by atoms with Crippen LogP contribution in [-0.4, -0.2) is 29.3 Å². The first-order valence-electron chi connectivity index (χ1n) is 6.53. The fraction of sp³-hybridized carbons (Fsp3) is 0.429. The highest BCUT2D eigenvalue weighted by Gasteiger charge is 2.20. The summed E-state index contributed by atoms with van der Waals surface area (Å²) >= 11 is 0. The van der Waals surface area contributed by atoms with Gasteiger partial charge >= 0.3 is 12.0 Å². The van der Waals surface area contributed by atoms with Crippen LogP contribution in [0, 0.1) is 11.6 Å². The van der Waals surface area contributed by atoms with E-state index >= 15 is 0 Å². The predicted octanol–water partition coefficient (Wildman–Crippen LogP) is 2.74. The fourth-order valence-corrected chi connectivity index (χ4v) is 1.49. The Bertz CT molecular complexity index is 547. The number of anilines is 1. The molecule has 0 fully saturated rings. The number of hydrogen-bond donors (Lipinski definition) is 3. The van der Waals surface area contributed by atoms with Gasteiger partial charge in [-0.1, -0.05) is 0 Å². The molecule has 0 saturated carbocycles. The smallest absolute Gasteiger partial charge is 0.319 e. The Morgan fingerprint density at radius 3 is 2.23 bits per heavy atom. The van der Waals surface area contributed by atoms with Gasteiger partial charge in [-0.25, -0.2) is 13.6 Å². The minimum absolute atomic E-state index is 0.0999. The molecule has 0 atom stereocenters. The number of halogens is 2. The van der Waals surface area contributed by atoms with Crippen LogP contribution in [0.15, 0.2) is 12.1 Å². The lowest BCUT2D eigenvalue weighted by Gasteiger charge is -2.22. The lowest BCUT2D eigenvalue weighted by atomic mass is 10.2. The van der Waals surface area contributed by atoms with Gasteiger partial charge in [0.2, 0.25) is 0 Å². The van der Waals surface area contributed by atoms with Gasteiger partial charge in [0, 0.05) is 24.4 Å². The number of carbonyl (C=O) groups is 2. The van der Waals surface area contributed by atoms with Gasteiger partial charge in [-0.05, 0) is 20.8 Å². The van der Waals surface area contributed by atoms with Gasteiger partial charge in [0.25, 0.3) is 0 Å². The summed E-state index contributed by atoms with van der Waals surface area (Å²) in [5, 5.41) is 12.9. The molecule has 0 aliphatic rings. The second kappa shape index (κ2) is 7.06. The third-order valence-electron chi connectivity index (χ3n) is 2.29. The van der Waals surface area contributed by atoms with E-state index in [1.807, 2.05) is 0 Å². The molecule has 0 aliphatic carbocycles. The number of nitrogens with one attached hydrogen (secondary N) is 2. The first-order valence-corrected chi connectivity index (χ1v) is 6.53. The third kappa shape index (κ3) is 5.94. The third-order valence-corrected chi connectivity index (χ3v) is 2.29. The van der Waals surface area contributed by atoms with Crippen LogP contribution in [0.25, 0.3) is 0 Å². The van der Waals surface area contributed by atoms with E-state index in [0.717, 1.165) is 12.1 Å². The highest BCUT2D eigenvalue weighted by Crippen LogP contribution is 2.28. The van der Waals surface area contributed by atoms with Gasteiger partial charge in [-0.15, -0.1) is 0 Å². The predicted molar refractivity (Wildman–Crippen MR) is 76.0 cm³/mol. The average Bonchev–Trinajstić information content (AvgIpc) is 2.32. The van der Waals surface area contributed by atoms with Crippen molar-refractivity contribution in [1.82, 2.24) is 5.32 Å². The van der Waals surface area contributed by atoms with Gasteiger partial charge in [0.15, 0.2) is 17.4 Å². The molecule has 6 nitrogen and oxygen atoms in total. The fourth-order valence-electron chi connectivity index (χ4n) is 1.49. The number of ether oxygens (including phenoxy) is 1. The number of carboxylic acid groups (broad SMARTS) is 1. The van der Waals surface area contributed by atoms with Crippen molar-refractivity contribution in [1.29, 1.82) is 0 Å². The molecular weight excluding hydrogens is 298 g/mol. The molecule has 0 aromatic heterocycles. The Balaban J connectivity index is 2.74. The summed E-state index contributed by atoms with van der Waals surface area (Å²) in [7, 11) is 0. The lowest BCUT2D eigenvalue weighted by Crippen LogP contribution is -2.30. The summed E-state index contributed by atoms with van der Waals surface area (Å²) in [6, 6.07) is 1.08. The van der Waals surface area contributed by atoms with Crippen LogP contribution in [0.2, 0.25) is 0 Å². The van der Waals surface area contributed by atoms with E-state index in [-0.39, 0.29) is 18.7 Å². The Labute approximate surface area is 126 Å². The number of amides is 2. The zero-order chi connectivity index (χ0) is 16.9. The second-order valence-electron chi connectivity index (χ2n) is 5.51. The molecule has 8 heteroatoms. The average molecular weight is 316 g/mol. The van der Waals surface area contributed by atoms with E-state index in [9.17, 15) is 18.4 Å². The molecule has 0 heterocycles. The van der Waals surface area contributed by atoms with Gasteiger partial charge < -0.3 is 20.5 Å². The Kier molecular flexibility index (Phi) is 5.67. The van der Waals surface area contributed by atoms with Crippen molar-refractivity contribution < 1.29 is 28.2 Å². The van der Waals surface area contributed by atoms with Crippen molar-refractivity contribution in [2.45, 2.75) is 32.8 Å². The van der Waals surface area contributed by atoms with E-state index in [1.165, 1.54) is 0 Å². The van der Waals surface area contributed by atoms with Crippen LogP contribution >= 0.6 is 0 Å². The van der Waals surface area contributed by atoms with E-state index in [1.54, 1.807) is 20.8 Å². The standard InChI is InChI=1S/C14H18F2N2O4/c1-14(2,3)22-12-9(15)6-8(7-10(12)16)18-13(21)17-5-4-11(19)20/h6-7H,4-5H2,1-3H3,(H,19,20)(H2,17,18,21). The quantitative estimate of drug-likeness (QED) is 0.779. The molecule has 0 saturated heterocycles. The molecule has 0 spiro atoms. The minimum Gasteiger partial charge on any atom is -0.482 e. The maximum atomic E-state index is 13.8. The normalized spacial score (nSPS) is 11.0. The summed E-state index contributed by atoms with van der Waals surface area (Å²) in [6.45, 7) is 4.84. The first kappa shape index (κ1) is 17.7. The second-order valence-corrected chi connectivity index (χ2v) is 5.51. The minimum atomic E-state index is -1.07. The van der Waals surface area contributed by atoms with Crippen LogP contribution < -0.4 is 15.4 Å². The van der Waals surface area contributed by atoms with E-state index in [4.69, 9.17) is 9.84 Å². The zero-order valence-corrected chi connectivity index (χ0v) is 12.5. The van der Waals surface area contributed by atoms with Crippen molar-refractivity contribution in [3.63, 3.8) is 0 Å². The maximum absolute atomic E-state index is 13.8. The molecular formula is C14H18F2N2O4. The topological polar surface area (TPSA) is 87.7 Å². The van der Waals surface area contributed by atoms with Crippen LogP contribution in [0.3, 0.4) is 0 Å². The molecule has 1 aromatic rings. The molecule has 122 valence electrons. The molecule has 0 aliphatic heterocycles. The van der Waals surface area contributed by atoms with Crippen LogP contribution in [-0.2, 0) is 4.79 Å². The summed E-state index contributed by atoms with van der Waals surface area (Å²) in [5.41, 5.74) is -0.880. The van der Waals surface area contributed by atoms with Crippen molar-refractivity contribution in [2.24, 2.45) is 0 Å². The number of carbonyl (C=O) groups excluding carboxylic acids is 1. The van der Waals surface area contributed by atoms with Crippen molar-refractivity contribution in [2.75, 3.05) is 11.9 Å². The Morgan fingerprint density at radius 1 is 1.23 bits per heavy atom. The van der Waals surface area contributed by atoms with Gasteiger partial charge in [0.05, 0.1) is 6.42 Å². The Morgan fingerprint density at radius 2 is 1.77 bits per heavy atom. The molecule has 0 unspecified atom stereocenters. The number of urea groups is 1. The highest BCUT2D eigenvalue weighted by atomic mass is 19.1. The summed E-state index contributed by atoms with van der Waals surface area (Å²) in [5.74, 6) is -3.49. The number of carboxylic acids is 1. The molecule has 1 rings (SSSR count).